The molecule has 110 valence electrons. The molecule has 0 atom stereocenters. The Labute approximate surface area is 132 Å². The van der Waals surface area contributed by atoms with Gasteiger partial charge in [0.05, 0.1) is 11.1 Å². The lowest BCUT2D eigenvalue weighted by Gasteiger charge is -2.12. The lowest BCUT2D eigenvalue weighted by Crippen LogP contribution is -2.00. The average Bonchev–Trinajstić information content (AvgIpc) is 2.49. The van der Waals surface area contributed by atoms with E-state index in [1.54, 1.807) is 36.5 Å². The van der Waals surface area contributed by atoms with E-state index < -0.39 is 5.97 Å². The zero-order valence-corrected chi connectivity index (χ0v) is 12.6. The third-order valence-corrected chi connectivity index (χ3v) is 3.69. The molecule has 0 amide bonds. The van der Waals surface area contributed by atoms with Crippen LogP contribution in [0.25, 0.3) is 10.9 Å². The summed E-state index contributed by atoms with van der Waals surface area (Å²) in [6, 6.07) is 12.3. The molecular weight excluding hydrogens is 300 g/mol. The van der Waals surface area contributed by atoms with Crippen molar-refractivity contribution >= 4 is 39.8 Å². The van der Waals surface area contributed by atoms with Crippen LogP contribution in [0.1, 0.15) is 15.9 Å². The predicted molar refractivity (Wildman–Crippen MR) is 88.2 cm³/mol. The van der Waals surface area contributed by atoms with E-state index in [0.29, 0.717) is 5.02 Å². The summed E-state index contributed by atoms with van der Waals surface area (Å²) in [4.78, 5) is 15.4. The minimum atomic E-state index is -0.950. The second-order valence-electron chi connectivity index (χ2n) is 4.98. The van der Waals surface area contributed by atoms with Gasteiger partial charge in [-0.05, 0) is 48.9 Å². The van der Waals surface area contributed by atoms with Crippen molar-refractivity contribution in [2.45, 2.75) is 6.92 Å². The maximum absolute atomic E-state index is 11.1. The first kappa shape index (κ1) is 14.4. The molecule has 3 rings (SSSR count). The minimum absolute atomic E-state index is 0.245. The van der Waals surface area contributed by atoms with Crippen LogP contribution in [0.2, 0.25) is 5.02 Å². The molecule has 0 fully saturated rings. The molecule has 22 heavy (non-hydrogen) atoms. The second kappa shape index (κ2) is 5.66. The molecule has 4 nitrogen and oxygen atoms in total. The number of fused-ring (bicyclic) bond motifs is 1. The van der Waals surface area contributed by atoms with Crippen molar-refractivity contribution in [1.82, 2.24) is 4.98 Å². The minimum Gasteiger partial charge on any atom is -0.478 e. The highest BCUT2D eigenvalue weighted by molar-refractivity contribution is 6.31. The molecule has 0 aliphatic rings. The predicted octanol–water partition coefficient (Wildman–Crippen LogP) is 4.64. The Morgan fingerprint density at radius 3 is 2.73 bits per heavy atom. The summed E-state index contributed by atoms with van der Waals surface area (Å²) in [7, 11) is 0. The number of nitrogens with one attached hydrogen (secondary N) is 1. The van der Waals surface area contributed by atoms with Crippen LogP contribution in [0.15, 0.2) is 48.7 Å². The van der Waals surface area contributed by atoms with E-state index in [0.717, 1.165) is 27.8 Å². The Hall–Kier alpha value is -2.59. The molecule has 0 aliphatic heterocycles. The number of aromatic carboxylic acids is 1. The zero-order valence-electron chi connectivity index (χ0n) is 11.8. The Morgan fingerprint density at radius 1 is 1.14 bits per heavy atom. The van der Waals surface area contributed by atoms with E-state index in [1.165, 1.54) is 0 Å². The molecule has 1 aromatic heterocycles. The number of aromatic nitrogens is 1. The van der Waals surface area contributed by atoms with Gasteiger partial charge in [-0.2, -0.15) is 0 Å². The second-order valence-corrected chi connectivity index (χ2v) is 5.42. The first-order chi connectivity index (χ1) is 10.5. The van der Waals surface area contributed by atoms with Gasteiger partial charge in [-0.1, -0.05) is 17.7 Å². The van der Waals surface area contributed by atoms with Gasteiger partial charge >= 0.3 is 5.97 Å². The van der Waals surface area contributed by atoms with Crippen LogP contribution in [0.4, 0.5) is 11.4 Å². The van der Waals surface area contributed by atoms with Crippen LogP contribution in [-0.2, 0) is 0 Å². The first-order valence-electron chi connectivity index (χ1n) is 6.70. The largest absolute Gasteiger partial charge is 0.478 e. The maximum atomic E-state index is 11.1. The van der Waals surface area contributed by atoms with Gasteiger partial charge in [-0.25, -0.2) is 4.79 Å². The smallest absolute Gasteiger partial charge is 0.335 e. The third kappa shape index (κ3) is 2.73. The number of hydrogen-bond donors (Lipinski definition) is 2. The zero-order chi connectivity index (χ0) is 15.7. The fraction of sp³-hybridized carbons (Fsp3) is 0.0588. The summed E-state index contributed by atoms with van der Waals surface area (Å²) in [6.07, 6.45) is 1.69. The Bertz CT molecular complexity index is 878. The van der Waals surface area contributed by atoms with Gasteiger partial charge in [0, 0.05) is 28.0 Å². The highest BCUT2D eigenvalue weighted by Gasteiger charge is 2.08. The summed E-state index contributed by atoms with van der Waals surface area (Å²) in [5.74, 6) is -0.950. The van der Waals surface area contributed by atoms with Crippen molar-refractivity contribution in [2.75, 3.05) is 5.32 Å². The van der Waals surface area contributed by atoms with Gasteiger partial charge < -0.3 is 10.4 Å². The van der Waals surface area contributed by atoms with Crippen molar-refractivity contribution < 1.29 is 9.90 Å². The number of anilines is 2. The summed E-state index contributed by atoms with van der Waals surface area (Å²) in [5, 5.41) is 13.9. The lowest BCUT2D eigenvalue weighted by molar-refractivity contribution is 0.0697. The summed E-state index contributed by atoms with van der Waals surface area (Å²) < 4.78 is 0. The van der Waals surface area contributed by atoms with Gasteiger partial charge in [0.25, 0.3) is 0 Å². The number of aryl methyl sites for hydroxylation is 1. The number of pyridine rings is 1. The number of carboxylic acids is 1. The number of carbonyl (C=O) groups is 1. The lowest BCUT2D eigenvalue weighted by atomic mass is 10.1. The number of nitrogens with zero attached hydrogens (tertiary/aromatic N) is 1. The van der Waals surface area contributed by atoms with Crippen molar-refractivity contribution in [3.63, 3.8) is 0 Å². The molecule has 0 unspecified atom stereocenters. The van der Waals surface area contributed by atoms with Crippen molar-refractivity contribution in [3.05, 3.63) is 64.8 Å². The molecular formula is C17H13ClN2O2. The van der Waals surface area contributed by atoms with E-state index in [9.17, 15) is 4.79 Å². The van der Waals surface area contributed by atoms with E-state index in [2.05, 4.69) is 10.3 Å². The highest BCUT2D eigenvalue weighted by atomic mass is 35.5. The number of benzene rings is 2. The first-order valence-corrected chi connectivity index (χ1v) is 7.07. The number of halogens is 1. The summed E-state index contributed by atoms with van der Waals surface area (Å²) >= 11 is 5.99. The molecule has 2 aromatic carbocycles. The van der Waals surface area contributed by atoms with Gasteiger partial charge in [-0.15, -0.1) is 0 Å². The Kier molecular flexibility index (Phi) is 3.69. The van der Waals surface area contributed by atoms with Gasteiger partial charge in [0.1, 0.15) is 0 Å². The monoisotopic (exact) mass is 312 g/mol. The highest BCUT2D eigenvalue weighted by Crippen LogP contribution is 2.28. The van der Waals surface area contributed by atoms with Crippen LogP contribution in [0.3, 0.4) is 0 Å². The fourth-order valence-corrected chi connectivity index (χ4v) is 2.43. The quantitative estimate of drug-likeness (QED) is 0.739. The Balaban J connectivity index is 2.07. The van der Waals surface area contributed by atoms with E-state index >= 15 is 0 Å². The maximum Gasteiger partial charge on any atom is 0.335 e. The van der Waals surface area contributed by atoms with Crippen molar-refractivity contribution in [2.24, 2.45) is 0 Å². The van der Waals surface area contributed by atoms with Crippen LogP contribution < -0.4 is 5.32 Å². The van der Waals surface area contributed by atoms with E-state index in [-0.39, 0.29) is 5.56 Å². The molecule has 0 saturated carbocycles. The van der Waals surface area contributed by atoms with Crippen LogP contribution >= 0.6 is 11.6 Å². The van der Waals surface area contributed by atoms with Crippen LogP contribution in [0.5, 0.6) is 0 Å². The molecule has 5 heteroatoms. The average molecular weight is 313 g/mol. The van der Waals surface area contributed by atoms with Crippen molar-refractivity contribution in [3.8, 4) is 0 Å². The van der Waals surface area contributed by atoms with Crippen LogP contribution in [0, 0.1) is 6.92 Å². The SMILES string of the molecule is Cc1ccc(C(=O)O)cc1Nc1ccnc2cc(Cl)ccc12. The topological polar surface area (TPSA) is 62.2 Å². The van der Waals surface area contributed by atoms with Crippen LogP contribution in [-0.4, -0.2) is 16.1 Å². The standard InChI is InChI=1S/C17H13ClN2O2/c1-10-2-3-11(17(21)22)8-15(10)20-14-6-7-19-16-9-12(18)4-5-13(14)16/h2-9H,1H3,(H,19,20)(H,21,22). The molecule has 1 heterocycles. The number of hydrogen-bond acceptors (Lipinski definition) is 3. The Morgan fingerprint density at radius 2 is 1.95 bits per heavy atom. The van der Waals surface area contributed by atoms with Gasteiger partial charge in [0.15, 0.2) is 0 Å². The number of rotatable bonds is 3. The molecule has 0 saturated heterocycles. The summed E-state index contributed by atoms with van der Waals surface area (Å²) in [6.45, 7) is 1.92. The van der Waals surface area contributed by atoms with E-state index in [4.69, 9.17) is 16.7 Å². The molecule has 3 aromatic rings. The molecule has 0 aliphatic carbocycles. The van der Waals surface area contributed by atoms with Crippen molar-refractivity contribution in [1.29, 1.82) is 0 Å². The van der Waals surface area contributed by atoms with E-state index in [1.807, 2.05) is 19.1 Å². The van der Waals surface area contributed by atoms with Gasteiger partial charge in [0.2, 0.25) is 0 Å². The fourth-order valence-electron chi connectivity index (χ4n) is 2.27. The normalized spacial score (nSPS) is 10.6. The van der Waals surface area contributed by atoms with Gasteiger partial charge in [-0.3, -0.25) is 4.98 Å². The molecule has 0 radical (unpaired) electrons. The summed E-state index contributed by atoms with van der Waals surface area (Å²) in [5.41, 5.74) is 3.60. The molecule has 0 spiro atoms. The number of carboxylic acid groups (broad SMARTS) is 1. The molecule has 0 bridgehead atoms. The molecule has 2 N–H and O–H groups in total. The third-order valence-electron chi connectivity index (χ3n) is 3.46.